The van der Waals surface area contributed by atoms with Crippen molar-refractivity contribution in [2.75, 3.05) is 20.1 Å². The fourth-order valence-corrected chi connectivity index (χ4v) is 3.40. The summed E-state index contributed by atoms with van der Waals surface area (Å²) in [5, 5.41) is 0. The van der Waals surface area contributed by atoms with Crippen LogP contribution in [-0.2, 0) is 36.8 Å². The van der Waals surface area contributed by atoms with Crippen molar-refractivity contribution >= 4 is 24.5 Å². The lowest BCUT2D eigenvalue weighted by Crippen LogP contribution is -2.47. The lowest BCUT2D eigenvalue weighted by Gasteiger charge is -2.33. The van der Waals surface area contributed by atoms with E-state index in [1.165, 1.54) is 4.90 Å². The average molecular weight is 425 g/mol. The summed E-state index contributed by atoms with van der Waals surface area (Å²) in [6.07, 6.45) is 0. The van der Waals surface area contributed by atoms with E-state index in [1.807, 2.05) is 32.0 Å². The minimum atomic E-state index is -1.07. The number of hydrogen-bond acceptors (Lipinski definition) is 8. The van der Waals surface area contributed by atoms with Gasteiger partial charge in [-0.25, -0.2) is 0 Å². The first-order chi connectivity index (χ1) is 14.8. The van der Waals surface area contributed by atoms with Crippen molar-refractivity contribution < 1.29 is 33.1 Å². The van der Waals surface area contributed by atoms with Crippen LogP contribution in [-0.4, -0.2) is 49.9 Å². The van der Waals surface area contributed by atoms with Crippen LogP contribution in [0.15, 0.2) is 42.5 Å². The first kappa shape index (κ1) is 21.2. The van der Waals surface area contributed by atoms with Crippen LogP contribution in [0.4, 0.5) is 0 Å². The molecule has 0 saturated carbocycles. The molecular formula is C22H24BNO7. The van der Waals surface area contributed by atoms with Crippen LogP contribution in [0.25, 0.3) is 0 Å². The SMILES string of the molecule is CN1CC(=O)OB(c2ccc(OCc3cccc4c3COC(C)(C)O4)cc2)OC(=O)C1. The molecule has 1 fully saturated rings. The number of nitrogens with zero attached hydrogens (tertiary/aromatic N) is 1. The quantitative estimate of drug-likeness (QED) is 0.684. The fourth-order valence-electron chi connectivity index (χ4n) is 3.40. The molecule has 2 heterocycles. The minimum Gasteiger partial charge on any atom is -0.494 e. The maximum absolute atomic E-state index is 11.9. The van der Waals surface area contributed by atoms with Crippen molar-refractivity contribution in [1.29, 1.82) is 0 Å². The zero-order valence-electron chi connectivity index (χ0n) is 17.8. The third-order valence-corrected chi connectivity index (χ3v) is 4.97. The van der Waals surface area contributed by atoms with Crippen LogP contribution in [0.3, 0.4) is 0 Å². The summed E-state index contributed by atoms with van der Waals surface area (Å²) in [7, 11) is 0.583. The first-order valence-corrected chi connectivity index (χ1v) is 10.0. The van der Waals surface area contributed by atoms with E-state index >= 15 is 0 Å². The highest BCUT2D eigenvalue weighted by atomic mass is 16.7. The summed E-state index contributed by atoms with van der Waals surface area (Å²) < 4.78 is 28.1. The van der Waals surface area contributed by atoms with Crippen molar-refractivity contribution in [1.82, 2.24) is 4.90 Å². The number of likely N-dealkylation sites (N-methyl/N-ethyl adjacent to an activating group) is 1. The molecule has 8 nitrogen and oxygen atoms in total. The van der Waals surface area contributed by atoms with Gasteiger partial charge in [0.05, 0.1) is 19.7 Å². The molecule has 0 radical (unpaired) electrons. The van der Waals surface area contributed by atoms with Crippen molar-refractivity contribution in [2.45, 2.75) is 32.8 Å². The van der Waals surface area contributed by atoms with E-state index in [-0.39, 0.29) is 13.1 Å². The highest BCUT2D eigenvalue weighted by Crippen LogP contribution is 2.33. The van der Waals surface area contributed by atoms with Crippen molar-refractivity contribution in [3.05, 3.63) is 53.6 Å². The minimum absolute atomic E-state index is 0.0266. The number of benzene rings is 2. The lowest BCUT2D eigenvalue weighted by atomic mass is 9.78. The molecule has 0 aromatic heterocycles. The molecule has 31 heavy (non-hydrogen) atoms. The third-order valence-electron chi connectivity index (χ3n) is 4.97. The van der Waals surface area contributed by atoms with Gasteiger partial charge in [-0.1, -0.05) is 24.3 Å². The van der Waals surface area contributed by atoms with Crippen LogP contribution >= 0.6 is 0 Å². The molecule has 9 heteroatoms. The second-order valence-corrected chi connectivity index (χ2v) is 8.03. The Morgan fingerprint density at radius 3 is 2.39 bits per heavy atom. The smallest absolute Gasteiger partial charge is 0.494 e. The molecule has 162 valence electrons. The number of carbonyl (C=O) groups excluding carboxylic acids is 2. The van der Waals surface area contributed by atoms with Gasteiger partial charge >= 0.3 is 19.1 Å². The number of ether oxygens (including phenoxy) is 3. The number of rotatable bonds is 4. The largest absolute Gasteiger partial charge is 0.636 e. The maximum Gasteiger partial charge on any atom is 0.636 e. The molecule has 0 spiro atoms. The standard InChI is InChI=1S/C22H24BNO7/c1-22(2)28-14-18-15(5-4-6-19(18)29-22)13-27-17-9-7-16(8-10-17)23-30-20(25)11-24(3)12-21(26)31-23/h4-10H,11-14H2,1-3H3. The summed E-state index contributed by atoms with van der Waals surface area (Å²) in [5.74, 6) is -0.140. The summed E-state index contributed by atoms with van der Waals surface area (Å²) >= 11 is 0. The lowest BCUT2D eigenvalue weighted by molar-refractivity contribution is -0.180. The number of fused-ring (bicyclic) bond motifs is 1. The van der Waals surface area contributed by atoms with Crippen molar-refractivity contribution in [3.63, 3.8) is 0 Å². The van der Waals surface area contributed by atoms with E-state index in [4.69, 9.17) is 23.5 Å². The molecule has 0 atom stereocenters. The van der Waals surface area contributed by atoms with E-state index < -0.39 is 24.8 Å². The van der Waals surface area contributed by atoms with Gasteiger partial charge in [0.2, 0.25) is 5.79 Å². The van der Waals surface area contributed by atoms with Crippen LogP contribution in [0.2, 0.25) is 0 Å². The normalized spacial score (nSPS) is 18.7. The molecule has 0 amide bonds. The van der Waals surface area contributed by atoms with Gasteiger partial charge in [-0.2, -0.15) is 0 Å². The van der Waals surface area contributed by atoms with Crippen LogP contribution in [0.5, 0.6) is 11.5 Å². The Balaban J connectivity index is 1.42. The molecule has 2 aliphatic rings. The number of hydrogen-bond donors (Lipinski definition) is 0. The Labute approximate surface area is 181 Å². The predicted octanol–water partition coefficient (Wildman–Crippen LogP) is 1.64. The summed E-state index contributed by atoms with van der Waals surface area (Å²) in [6, 6.07) is 12.7. The molecular weight excluding hydrogens is 401 g/mol. The monoisotopic (exact) mass is 425 g/mol. The van der Waals surface area contributed by atoms with Crippen LogP contribution < -0.4 is 14.9 Å². The Morgan fingerprint density at radius 2 is 1.71 bits per heavy atom. The Bertz CT molecular complexity index is 956. The fraction of sp³-hybridized carbons (Fsp3) is 0.364. The highest BCUT2D eigenvalue weighted by Gasteiger charge is 2.33. The molecule has 0 aliphatic carbocycles. The van der Waals surface area contributed by atoms with Gasteiger partial charge in [-0.3, -0.25) is 14.5 Å². The first-order valence-electron chi connectivity index (χ1n) is 10.0. The van der Waals surface area contributed by atoms with Crippen LogP contribution in [0.1, 0.15) is 25.0 Å². The second-order valence-electron chi connectivity index (χ2n) is 8.03. The van der Waals surface area contributed by atoms with E-state index in [0.29, 0.717) is 24.4 Å². The van der Waals surface area contributed by atoms with Gasteiger partial charge in [-0.15, -0.1) is 0 Å². The predicted molar refractivity (Wildman–Crippen MR) is 112 cm³/mol. The zero-order chi connectivity index (χ0) is 22.0. The van der Waals surface area contributed by atoms with E-state index in [0.717, 1.165) is 16.9 Å². The summed E-state index contributed by atoms with van der Waals surface area (Å²) in [5.41, 5.74) is 2.50. The van der Waals surface area contributed by atoms with Crippen LogP contribution in [0, 0.1) is 0 Å². The summed E-state index contributed by atoms with van der Waals surface area (Å²) in [4.78, 5) is 25.4. The number of carbonyl (C=O) groups is 2. The molecule has 0 N–H and O–H groups in total. The molecule has 0 bridgehead atoms. The van der Waals surface area contributed by atoms with E-state index in [9.17, 15) is 9.59 Å². The van der Waals surface area contributed by atoms with Crippen molar-refractivity contribution in [2.24, 2.45) is 0 Å². The van der Waals surface area contributed by atoms with Gasteiger partial charge in [0.25, 0.3) is 0 Å². The zero-order valence-corrected chi connectivity index (χ0v) is 17.8. The summed E-state index contributed by atoms with van der Waals surface area (Å²) in [6.45, 7) is 4.61. The molecule has 0 unspecified atom stereocenters. The van der Waals surface area contributed by atoms with E-state index in [2.05, 4.69) is 0 Å². The van der Waals surface area contributed by atoms with Crippen molar-refractivity contribution in [3.8, 4) is 11.5 Å². The topological polar surface area (TPSA) is 83.5 Å². The Morgan fingerprint density at radius 1 is 1.03 bits per heavy atom. The molecule has 2 aliphatic heterocycles. The van der Waals surface area contributed by atoms with E-state index in [1.54, 1.807) is 31.3 Å². The molecule has 2 aromatic rings. The third kappa shape index (κ3) is 5.18. The maximum atomic E-state index is 11.9. The highest BCUT2D eigenvalue weighted by molar-refractivity contribution is 6.64. The van der Waals surface area contributed by atoms with Gasteiger partial charge in [0.15, 0.2) is 0 Å². The van der Waals surface area contributed by atoms with Gasteiger partial charge in [-0.05, 0) is 30.8 Å². The molecule has 4 rings (SSSR count). The van der Waals surface area contributed by atoms with Gasteiger partial charge < -0.3 is 23.5 Å². The van der Waals surface area contributed by atoms with Gasteiger partial charge in [0, 0.05) is 24.9 Å². The second kappa shape index (κ2) is 8.60. The average Bonchev–Trinajstić information content (AvgIpc) is 2.70. The van der Waals surface area contributed by atoms with Gasteiger partial charge in [0.1, 0.15) is 18.1 Å². The molecule has 1 saturated heterocycles. The Hall–Kier alpha value is -3.04. The molecule has 2 aromatic carbocycles. The Kier molecular flexibility index (Phi) is 5.89.